The van der Waals surface area contributed by atoms with Crippen LogP contribution in [0, 0.1) is 5.92 Å². The number of carbonyl (C=O) groups excluding carboxylic acids is 1. The highest BCUT2D eigenvalue weighted by atomic mass is 16.5. The van der Waals surface area contributed by atoms with Crippen molar-refractivity contribution < 1.29 is 9.53 Å². The van der Waals surface area contributed by atoms with E-state index in [-0.39, 0.29) is 5.92 Å². The molecule has 0 spiro atoms. The van der Waals surface area contributed by atoms with Crippen molar-refractivity contribution in [2.45, 2.75) is 26.2 Å². The second-order valence-electron chi connectivity index (χ2n) is 2.85. The first kappa shape index (κ1) is 7.73. The van der Waals surface area contributed by atoms with Crippen LogP contribution >= 0.6 is 0 Å². The van der Waals surface area contributed by atoms with Gasteiger partial charge in [0.25, 0.3) is 0 Å². The van der Waals surface area contributed by atoms with Gasteiger partial charge in [-0.15, -0.1) is 0 Å². The summed E-state index contributed by atoms with van der Waals surface area (Å²) in [7, 11) is 0. The van der Waals surface area contributed by atoms with Gasteiger partial charge >= 0.3 is 0 Å². The molecule has 0 aromatic heterocycles. The third-order valence-electron chi connectivity index (χ3n) is 2.03. The molecule has 58 valence electrons. The lowest BCUT2D eigenvalue weighted by Gasteiger charge is -2.06. The van der Waals surface area contributed by atoms with Gasteiger partial charge in [-0.2, -0.15) is 0 Å². The van der Waals surface area contributed by atoms with Gasteiger partial charge in [-0.05, 0) is 26.2 Å². The van der Waals surface area contributed by atoms with Crippen molar-refractivity contribution in [3.63, 3.8) is 0 Å². The summed E-state index contributed by atoms with van der Waals surface area (Å²) in [5.74, 6) is 0.605. The maximum atomic E-state index is 10.9. The minimum atomic E-state index is 0.280. The Hall–Kier alpha value is -0.370. The Morgan fingerprint density at radius 1 is 1.40 bits per heavy atom. The number of hydrogen-bond acceptors (Lipinski definition) is 2. The molecule has 0 N–H and O–H groups in total. The normalized spacial score (nSPS) is 27.5. The monoisotopic (exact) mass is 142 g/mol. The quantitative estimate of drug-likeness (QED) is 0.553. The van der Waals surface area contributed by atoms with E-state index in [4.69, 9.17) is 4.74 Å². The molecule has 10 heavy (non-hydrogen) atoms. The summed E-state index contributed by atoms with van der Waals surface area (Å²) in [5, 5.41) is 0. The molecule has 1 atom stereocenters. The van der Waals surface area contributed by atoms with Crippen LogP contribution in [0.5, 0.6) is 0 Å². The SMILES string of the molecule is CC(=O)C1CCCOCC1. The zero-order valence-corrected chi connectivity index (χ0v) is 6.43. The van der Waals surface area contributed by atoms with Crippen LogP contribution in [0.3, 0.4) is 0 Å². The zero-order chi connectivity index (χ0) is 7.40. The molecule has 0 bridgehead atoms. The van der Waals surface area contributed by atoms with E-state index in [1.54, 1.807) is 6.92 Å². The molecule has 1 aliphatic heterocycles. The fourth-order valence-corrected chi connectivity index (χ4v) is 1.31. The second kappa shape index (κ2) is 3.71. The van der Waals surface area contributed by atoms with E-state index in [0.717, 1.165) is 32.5 Å². The van der Waals surface area contributed by atoms with Crippen LogP contribution in [0.15, 0.2) is 0 Å². The summed E-state index contributed by atoms with van der Waals surface area (Å²) in [4.78, 5) is 10.9. The third kappa shape index (κ3) is 2.10. The Bertz CT molecular complexity index is 112. The van der Waals surface area contributed by atoms with Gasteiger partial charge in [0.15, 0.2) is 0 Å². The van der Waals surface area contributed by atoms with Gasteiger partial charge in [-0.3, -0.25) is 4.79 Å². The molecule has 0 aliphatic carbocycles. The van der Waals surface area contributed by atoms with Gasteiger partial charge < -0.3 is 4.74 Å². The van der Waals surface area contributed by atoms with Crippen LogP contribution in [-0.4, -0.2) is 19.0 Å². The standard InChI is InChI=1S/C8H14O2/c1-7(9)8-3-2-5-10-6-4-8/h8H,2-6H2,1H3. The number of ether oxygens (including phenoxy) is 1. The highest BCUT2D eigenvalue weighted by Gasteiger charge is 2.15. The molecular weight excluding hydrogens is 128 g/mol. The number of carbonyl (C=O) groups is 1. The number of ketones is 1. The van der Waals surface area contributed by atoms with Crippen molar-refractivity contribution in [3.8, 4) is 0 Å². The Labute approximate surface area is 61.6 Å². The van der Waals surface area contributed by atoms with Crippen LogP contribution in [-0.2, 0) is 9.53 Å². The van der Waals surface area contributed by atoms with Crippen LogP contribution in [0.25, 0.3) is 0 Å². The first-order valence-electron chi connectivity index (χ1n) is 3.89. The number of rotatable bonds is 1. The van der Waals surface area contributed by atoms with Gasteiger partial charge in [-0.1, -0.05) is 0 Å². The fraction of sp³-hybridized carbons (Fsp3) is 0.875. The molecule has 0 saturated carbocycles. The van der Waals surface area contributed by atoms with Crippen LogP contribution in [0.4, 0.5) is 0 Å². The van der Waals surface area contributed by atoms with E-state index in [0.29, 0.717) is 5.78 Å². The van der Waals surface area contributed by atoms with Crippen LogP contribution in [0.2, 0.25) is 0 Å². The molecule has 1 heterocycles. The number of hydrogen-bond donors (Lipinski definition) is 0. The van der Waals surface area contributed by atoms with Gasteiger partial charge in [-0.25, -0.2) is 0 Å². The Morgan fingerprint density at radius 3 is 2.90 bits per heavy atom. The van der Waals surface area contributed by atoms with Gasteiger partial charge in [0.2, 0.25) is 0 Å². The molecule has 1 fully saturated rings. The predicted molar refractivity (Wildman–Crippen MR) is 38.8 cm³/mol. The van der Waals surface area contributed by atoms with Crippen molar-refractivity contribution >= 4 is 5.78 Å². The molecule has 1 rings (SSSR count). The fourth-order valence-electron chi connectivity index (χ4n) is 1.31. The smallest absolute Gasteiger partial charge is 0.132 e. The van der Waals surface area contributed by atoms with Crippen LogP contribution < -0.4 is 0 Å². The third-order valence-corrected chi connectivity index (χ3v) is 2.03. The Balaban J connectivity index is 2.35. The van der Waals surface area contributed by atoms with E-state index in [2.05, 4.69) is 0 Å². The Kier molecular flexibility index (Phi) is 2.87. The lowest BCUT2D eigenvalue weighted by atomic mass is 9.97. The summed E-state index contributed by atoms with van der Waals surface area (Å²) < 4.78 is 5.22. The van der Waals surface area contributed by atoms with Gasteiger partial charge in [0.05, 0.1) is 0 Å². The summed E-state index contributed by atoms with van der Waals surface area (Å²) in [6.07, 6.45) is 2.99. The summed E-state index contributed by atoms with van der Waals surface area (Å²) in [6.45, 7) is 3.28. The molecule has 0 aromatic rings. The molecule has 2 heteroatoms. The Morgan fingerprint density at radius 2 is 2.20 bits per heavy atom. The molecule has 1 aliphatic rings. The van der Waals surface area contributed by atoms with E-state index in [9.17, 15) is 4.79 Å². The summed E-state index contributed by atoms with van der Waals surface area (Å²) in [5.41, 5.74) is 0. The first-order chi connectivity index (χ1) is 4.80. The van der Waals surface area contributed by atoms with Crippen molar-refractivity contribution in [3.05, 3.63) is 0 Å². The van der Waals surface area contributed by atoms with Crippen molar-refractivity contribution in [1.29, 1.82) is 0 Å². The highest BCUT2D eigenvalue weighted by Crippen LogP contribution is 2.15. The first-order valence-corrected chi connectivity index (χ1v) is 3.89. The maximum absolute atomic E-state index is 10.9. The van der Waals surface area contributed by atoms with E-state index in [1.165, 1.54) is 0 Å². The van der Waals surface area contributed by atoms with Crippen molar-refractivity contribution in [2.75, 3.05) is 13.2 Å². The van der Waals surface area contributed by atoms with Gasteiger partial charge in [0.1, 0.15) is 5.78 Å². The molecule has 1 saturated heterocycles. The second-order valence-corrected chi connectivity index (χ2v) is 2.85. The average Bonchev–Trinajstić information content (AvgIpc) is 2.12. The number of Topliss-reactive ketones (excluding diaryl/α,β-unsaturated/α-hetero) is 1. The van der Waals surface area contributed by atoms with E-state index >= 15 is 0 Å². The summed E-state index contributed by atoms with van der Waals surface area (Å²) in [6, 6.07) is 0. The van der Waals surface area contributed by atoms with E-state index in [1.807, 2.05) is 0 Å². The largest absolute Gasteiger partial charge is 0.381 e. The van der Waals surface area contributed by atoms with Crippen LogP contribution in [0.1, 0.15) is 26.2 Å². The minimum absolute atomic E-state index is 0.280. The van der Waals surface area contributed by atoms with E-state index < -0.39 is 0 Å². The topological polar surface area (TPSA) is 26.3 Å². The van der Waals surface area contributed by atoms with Gasteiger partial charge in [0, 0.05) is 19.1 Å². The molecule has 0 aromatic carbocycles. The highest BCUT2D eigenvalue weighted by molar-refractivity contribution is 5.78. The van der Waals surface area contributed by atoms with Crippen molar-refractivity contribution in [2.24, 2.45) is 5.92 Å². The maximum Gasteiger partial charge on any atom is 0.132 e. The molecule has 0 amide bonds. The molecule has 2 nitrogen and oxygen atoms in total. The molecule has 1 unspecified atom stereocenters. The van der Waals surface area contributed by atoms with Crippen molar-refractivity contribution in [1.82, 2.24) is 0 Å². The zero-order valence-electron chi connectivity index (χ0n) is 6.43. The lowest BCUT2D eigenvalue weighted by molar-refractivity contribution is -0.121. The molecular formula is C8H14O2. The molecule has 0 radical (unpaired) electrons. The summed E-state index contributed by atoms with van der Waals surface area (Å²) >= 11 is 0. The lowest BCUT2D eigenvalue weighted by Crippen LogP contribution is -2.10. The average molecular weight is 142 g/mol. The predicted octanol–water partition coefficient (Wildman–Crippen LogP) is 1.39. The minimum Gasteiger partial charge on any atom is -0.381 e.